The van der Waals surface area contributed by atoms with Gasteiger partial charge in [0.1, 0.15) is 0 Å². The molecule has 1 amide bonds. The fourth-order valence-electron chi connectivity index (χ4n) is 1.48. The summed E-state index contributed by atoms with van der Waals surface area (Å²) in [6.45, 7) is 1.44. The number of carbonyl (C=O) groups excluding carboxylic acids is 1. The summed E-state index contributed by atoms with van der Waals surface area (Å²) < 4.78 is 0. The quantitative estimate of drug-likeness (QED) is 0.890. The average molecular weight is 262 g/mol. The molecule has 5 heteroatoms. The number of anilines is 3. The first-order chi connectivity index (χ1) is 8.65. The highest BCUT2D eigenvalue weighted by molar-refractivity contribution is 6.30. The van der Waals surface area contributed by atoms with Crippen molar-refractivity contribution in [2.24, 2.45) is 0 Å². The molecule has 0 aliphatic heterocycles. The summed E-state index contributed by atoms with van der Waals surface area (Å²) in [6.07, 6.45) is 1.53. The van der Waals surface area contributed by atoms with Crippen molar-refractivity contribution in [2.75, 3.05) is 10.6 Å². The van der Waals surface area contributed by atoms with Gasteiger partial charge in [0.25, 0.3) is 0 Å². The highest BCUT2D eigenvalue weighted by Gasteiger charge is 2.06. The second-order valence-electron chi connectivity index (χ2n) is 3.72. The maximum Gasteiger partial charge on any atom is 0.221 e. The molecule has 18 heavy (non-hydrogen) atoms. The summed E-state index contributed by atoms with van der Waals surface area (Å²) >= 11 is 5.86. The number of pyridine rings is 1. The molecule has 2 N–H and O–H groups in total. The second kappa shape index (κ2) is 5.51. The SMILES string of the molecule is CC(=O)Nc1cc(Cl)cnc1Nc1ccccc1. The van der Waals surface area contributed by atoms with Crippen LogP contribution in [0.25, 0.3) is 0 Å². The second-order valence-corrected chi connectivity index (χ2v) is 4.16. The molecule has 1 aromatic heterocycles. The van der Waals surface area contributed by atoms with E-state index in [4.69, 9.17) is 11.6 Å². The number of carbonyl (C=O) groups is 1. The van der Waals surface area contributed by atoms with Gasteiger partial charge in [0, 0.05) is 18.8 Å². The fourth-order valence-corrected chi connectivity index (χ4v) is 1.64. The minimum atomic E-state index is -0.171. The summed E-state index contributed by atoms with van der Waals surface area (Å²) in [6, 6.07) is 11.2. The van der Waals surface area contributed by atoms with Crippen LogP contribution >= 0.6 is 11.6 Å². The highest BCUT2D eigenvalue weighted by Crippen LogP contribution is 2.25. The zero-order chi connectivity index (χ0) is 13.0. The largest absolute Gasteiger partial charge is 0.338 e. The van der Waals surface area contributed by atoms with Gasteiger partial charge in [-0.15, -0.1) is 0 Å². The number of nitrogens with one attached hydrogen (secondary N) is 2. The van der Waals surface area contributed by atoms with Crippen molar-refractivity contribution >= 4 is 34.7 Å². The lowest BCUT2D eigenvalue weighted by Crippen LogP contribution is -2.09. The molecular weight excluding hydrogens is 250 g/mol. The van der Waals surface area contributed by atoms with Crippen molar-refractivity contribution < 1.29 is 4.79 Å². The third-order valence-electron chi connectivity index (χ3n) is 2.20. The minimum Gasteiger partial charge on any atom is -0.338 e. The molecule has 0 unspecified atom stereocenters. The minimum absolute atomic E-state index is 0.171. The van der Waals surface area contributed by atoms with E-state index in [0.29, 0.717) is 16.5 Å². The van der Waals surface area contributed by atoms with Crippen molar-refractivity contribution in [3.63, 3.8) is 0 Å². The van der Waals surface area contributed by atoms with Gasteiger partial charge in [-0.2, -0.15) is 0 Å². The van der Waals surface area contributed by atoms with Gasteiger partial charge >= 0.3 is 0 Å². The number of nitrogens with zero attached hydrogens (tertiary/aromatic N) is 1. The molecule has 1 heterocycles. The van der Waals surface area contributed by atoms with E-state index in [1.807, 2.05) is 30.3 Å². The van der Waals surface area contributed by atoms with Crippen molar-refractivity contribution in [1.29, 1.82) is 0 Å². The van der Waals surface area contributed by atoms with E-state index in [2.05, 4.69) is 15.6 Å². The number of aromatic nitrogens is 1. The average Bonchev–Trinajstić information content (AvgIpc) is 2.33. The Balaban J connectivity index is 2.29. The van der Waals surface area contributed by atoms with Gasteiger partial charge in [0.05, 0.1) is 10.7 Å². The van der Waals surface area contributed by atoms with Crippen molar-refractivity contribution in [2.45, 2.75) is 6.92 Å². The monoisotopic (exact) mass is 261 g/mol. The third-order valence-corrected chi connectivity index (χ3v) is 2.41. The van der Waals surface area contributed by atoms with Crippen LogP contribution in [0.3, 0.4) is 0 Å². The van der Waals surface area contributed by atoms with E-state index in [1.165, 1.54) is 13.1 Å². The fraction of sp³-hybridized carbons (Fsp3) is 0.0769. The van der Waals surface area contributed by atoms with Crippen molar-refractivity contribution in [3.8, 4) is 0 Å². The van der Waals surface area contributed by atoms with E-state index in [0.717, 1.165) is 5.69 Å². The molecule has 0 atom stereocenters. The lowest BCUT2D eigenvalue weighted by Gasteiger charge is -2.11. The van der Waals surface area contributed by atoms with Gasteiger partial charge in [-0.05, 0) is 18.2 Å². The smallest absolute Gasteiger partial charge is 0.221 e. The van der Waals surface area contributed by atoms with Crippen LogP contribution in [0.1, 0.15) is 6.92 Å². The van der Waals surface area contributed by atoms with Crippen LogP contribution in [0.4, 0.5) is 17.2 Å². The summed E-state index contributed by atoms with van der Waals surface area (Å²) in [5.74, 6) is 0.385. The van der Waals surface area contributed by atoms with Crippen LogP contribution in [0.2, 0.25) is 5.02 Å². The summed E-state index contributed by atoms with van der Waals surface area (Å²) in [5.41, 5.74) is 1.44. The van der Waals surface area contributed by atoms with Gasteiger partial charge < -0.3 is 10.6 Å². The van der Waals surface area contributed by atoms with Crippen molar-refractivity contribution in [1.82, 2.24) is 4.98 Å². The zero-order valence-corrected chi connectivity index (χ0v) is 10.5. The van der Waals surface area contributed by atoms with Crippen LogP contribution in [-0.2, 0) is 4.79 Å². The number of para-hydroxylation sites is 1. The first kappa shape index (κ1) is 12.4. The number of hydrogen-bond donors (Lipinski definition) is 2. The molecule has 1 aromatic carbocycles. The maximum atomic E-state index is 11.1. The Bertz CT molecular complexity index is 557. The molecule has 4 nitrogen and oxygen atoms in total. The van der Waals surface area contributed by atoms with Crippen LogP contribution in [-0.4, -0.2) is 10.9 Å². The highest BCUT2D eigenvalue weighted by atomic mass is 35.5. The van der Waals surface area contributed by atoms with Gasteiger partial charge in [0.2, 0.25) is 5.91 Å². The Labute approximate surface area is 110 Å². The van der Waals surface area contributed by atoms with E-state index in [1.54, 1.807) is 6.07 Å². The Morgan fingerprint density at radius 2 is 2.00 bits per heavy atom. The Kier molecular flexibility index (Phi) is 3.79. The molecule has 0 bridgehead atoms. The Morgan fingerprint density at radius 1 is 1.28 bits per heavy atom. The number of amides is 1. The van der Waals surface area contributed by atoms with E-state index in [-0.39, 0.29) is 5.91 Å². The van der Waals surface area contributed by atoms with Gasteiger partial charge in [0.15, 0.2) is 5.82 Å². The molecule has 92 valence electrons. The van der Waals surface area contributed by atoms with Crippen LogP contribution < -0.4 is 10.6 Å². The lowest BCUT2D eigenvalue weighted by atomic mass is 10.3. The molecule has 2 rings (SSSR count). The van der Waals surface area contributed by atoms with Crippen LogP contribution in [0.15, 0.2) is 42.6 Å². The van der Waals surface area contributed by atoms with Crippen LogP contribution in [0.5, 0.6) is 0 Å². The molecule has 0 aliphatic carbocycles. The zero-order valence-electron chi connectivity index (χ0n) is 9.77. The first-order valence-electron chi connectivity index (χ1n) is 5.40. The predicted octanol–water partition coefficient (Wildman–Crippen LogP) is 3.44. The van der Waals surface area contributed by atoms with Gasteiger partial charge in [-0.25, -0.2) is 4.98 Å². The Hall–Kier alpha value is -2.07. The van der Waals surface area contributed by atoms with E-state index in [9.17, 15) is 4.79 Å². The standard InChI is InChI=1S/C13H12ClN3O/c1-9(18)16-12-7-10(14)8-15-13(12)17-11-5-3-2-4-6-11/h2-8H,1H3,(H,15,17)(H,16,18). The summed E-state index contributed by atoms with van der Waals surface area (Å²) in [7, 11) is 0. The van der Waals surface area contributed by atoms with E-state index < -0.39 is 0 Å². The van der Waals surface area contributed by atoms with Gasteiger partial charge in [-0.1, -0.05) is 29.8 Å². The van der Waals surface area contributed by atoms with Gasteiger partial charge in [-0.3, -0.25) is 4.79 Å². The summed E-state index contributed by atoms with van der Waals surface area (Å²) in [4.78, 5) is 15.3. The van der Waals surface area contributed by atoms with E-state index >= 15 is 0 Å². The third kappa shape index (κ3) is 3.21. The molecule has 0 saturated carbocycles. The maximum absolute atomic E-state index is 11.1. The Morgan fingerprint density at radius 3 is 2.67 bits per heavy atom. The number of rotatable bonds is 3. The van der Waals surface area contributed by atoms with Crippen molar-refractivity contribution in [3.05, 3.63) is 47.6 Å². The molecule has 0 saturated heterocycles. The lowest BCUT2D eigenvalue weighted by molar-refractivity contribution is -0.114. The predicted molar refractivity (Wildman–Crippen MR) is 73.3 cm³/mol. The molecule has 2 aromatic rings. The molecule has 0 spiro atoms. The van der Waals surface area contributed by atoms with Crippen LogP contribution in [0, 0.1) is 0 Å². The molecule has 0 aliphatic rings. The molecule has 0 fully saturated rings. The first-order valence-corrected chi connectivity index (χ1v) is 5.78. The molecule has 0 radical (unpaired) electrons. The molecular formula is C13H12ClN3O. The topological polar surface area (TPSA) is 54.0 Å². The normalized spacial score (nSPS) is 9.89. The number of hydrogen-bond acceptors (Lipinski definition) is 3. The number of halogens is 1. The number of benzene rings is 1. The summed E-state index contributed by atoms with van der Waals surface area (Å²) in [5, 5.41) is 6.28.